The number of pyridine rings is 3. The number of aromatic amines is 2. The SMILES string of the molecule is CN1CCC(C(=O)Nc2cncc(-c3cnc4n[nH]c(-c5nc6c(-c7cccnc7)cccc6[nH]5)c4c3)c2)CC1. The minimum Gasteiger partial charge on any atom is -0.337 e. The van der Waals surface area contributed by atoms with Gasteiger partial charge in [-0.2, -0.15) is 5.10 Å². The molecule has 6 heterocycles. The Morgan fingerprint density at radius 1 is 0.975 bits per heavy atom. The highest BCUT2D eigenvalue weighted by molar-refractivity contribution is 5.97. The number of rotatable bonds is 5. The molecule has 198 valence electrons. The monoisotopic (exact) mass is 529 g/mol. The second-order valence-electron chi connectivity index (χ2n) is 10.3. The summed E-state index contributed by atoms with van der Waals surface area (Å²) in [5.41, 5.74) is 7.50. The zero-order valence-electron chi connectivity index (χ0n) is 21.9. The van der Waals surface area contributed by atoms with E-state index in [1.54, 1.807) is 24.8 Å². The number of carbonyl (C=O) groups excluding carboxylic acids is 1. The van der Waals surface area contributed by atoms with Gasteiger partial charge >= 0.3 is 0 Å². The molecule has 1 aliphatic rings. The highest BCUT2D eigenvalue weighted by Gasteiger charge is 2.23. The van der Waals surface area contributed by atoms with Crippen LogP contribution in [0, 0.1) is 5.92 Å². The molecule has 0 atom stereocenters. The van der Waals surface area contributed by atoms with E-state index >= 15 is 0 Å². The molecule has 3 N–H and O–H groups in total. The Balaban J connectivity index is 1.20. The van der Waals surface area contributed by atoms with Gasteiger partial charge in [0.1, 0.15) is 5.69 Å². The number of amides is 1. The lowest BCUT2D eigenvalue weighted by molar-refractivity contribution is -0.121. The van der Waals surface area contributed by atoms with Crippen LogP contribution in [0.4, 0.5) is 5.69 Å². The molecule has 0 aliphatic carbocycles. The number of para-hydroxylation sites is 1. The predicted octanol–water partition coefficient (Wildman–Crippen LogP) is 4.91. The van der Waals surface area contributed by atoms with Gasteiger partial charge in [-0.05, 0) is 57.2 Å². The van der Waals surface area contributed by atoms with Gasteiger partial charge < -0.3 is 15.2 Å². The van der Waals surface area contributed by atoms with E-state index in [0.717, 1.165) is 70.3 Å². The first-order valence-electron chi connectivity index (χ1n) is 13.3. The first-order chi connectivity index (χ1) is 19.6. The smallest absolute Gasteiger partial charge is 0.227 e. The van der Waals surface area contributed by atoms with E-state index in [1.807, 2.05) is 48.7 Å². The maximum Gasteiger partial charge on any atom is 0.227 e. The third kappa shape index (κ3) is 4.48. The maximum absolute atomic E-state index is 12.9. The average molecular weight is 530 g/mol. The van der Waals surface area contributed by atoms with Crippen molar-refractivity contribution in [1.29, 1.82) is 0 Å². The molecule has 7 rings (SSSR count). The van der Waals surface area contributed by atoms with Gasteiger partial charge in [-0.3, -0.25) is 19.9 Å². The summed E-state index contributed by atoms with van der Waals surface area (Å²) in [6, 6.07) is 13.9. The average Bonchev–Trinajstić information content (AvgIpc) is 3.62. The van der Waals surface area contributed by atoms with Crippen molar-refractivity contribution in [2.75, 3.05) is 25.5 Å². The van der Waals surface area contributed by atoms with Crippen LogP contribution in [-0.4, -0.2) is 66.1 Å². The number of fused-ring (bicyclic) bond motifs is 2. The summed E-state index contributed by atoms with van der Waals surface area (Å²) >= 11 is 0. The number of likely N-dealkylation sites (tertiary alicyclic amines) is 1. The van der Waals surface area contributed by atoms with Crippen molar-refractivity contribution < 1.29 is 4.79 Å². The van der Waals surface area contributed by atoms with Gasteiger partial charge in [0, 0.05) is 53.0 Å². The second kappa shape index (κ2) is 9.97. The van der Waals surface area contributed by atoms with Gasteiger partial charge in [0.05, 0.1) is 28.3 Å². The predicted molar refractivity (Wildman–Crippen MR) is 154 cm³/mol. The van der Waals surface area contributed by atoms with E-state index < -0.39 is 0 Å². The Kier molecular flexibility index (Phi) is 6.01. The van der Waals surface area contributed by atoms with Crippen molar-refractivity contribution in [2.24, 2.45) is 5.92 Å². The highest BCUT2D eigenvalue weighted by Crippen LogP contribution is 2.32. The molecule has 0 radical (unpaired) electrons. The lowest BCUT2D eigenvalue weighted by Crippen LogP contribution is -2.35. The molecule has 1 fully saturated rings. The molecule has 1 aromatic carbocycles. The first kappa shape index (κ1) is 24.1. The number of nitrogens with one attached hydrogen (secondary N) is 3. The zero-order chi connectivity index (χ0) is 27.1. The molecule has 0 saturated carbocycles. The van der Waals surface area contributed by atoms with Gasteiger partial charge in [0.2, 0.25) is 5.91 Å². The van der Waals surface area contributed by atoms with E-state index in [2.05, 4.69) is 47.4 Å². The summed E-state index contributed by atoms with van der Waals surface area (Å²) in [5.74, 6) is 0.743. The van der Waals surface area contributed by atoms with E-state index in [9.17, 15) is 4.79 Å². The van der Waals surface area contributed by atoms with Gasteiger partial charge in [-0.25, -0.2) is 9.97 Å². The number of nitrogens with zero attached hydrogens (tertiary/aromatic N) is 6. The molecule has 10 nitrogen and oxygen atoms in total. The summed E-state index contributed by atoms with van der Waals surface area (Å²) < 4.78 is 0. The molecule has 0 spiro atoms. The summed E-state index contributed by atoms with van der Waals surface area (Å²) in [6.45, 7) is 1.87. The largest absolute Gasteiger partial charge is 0.337 e. The zero-order valence-corrected chi connectivity index (χ0v) is 21.9. The van der Waals surface area contributed by atoms with Crippen LogP contribution in [-0.2, 0) is 4.79 Å². The topological polar surface area (TPSA) is 128 Å². The number of imidazole rings is 1. The summed E-state index contributed by atoms with van der Waals surface area (Å²) in [6.07, 6.45) is 10.6. The first-order valence-corrected chi connectivity index (χ1v) is 13.3. The van der Waals surface area contributed by atoms with Crippen LogP contribution in [0.15, 0.2) is 73.4 Å². The molecule has 1 aliphatic heterocycles. The Morgan fingerprint density at radius 3 is 2.67 bits per heavy atom. The second-order valence-corrected chi connectivity index (χ2v) is 10.3. The Labute approximate surface area is 229 Å². The van der Waals surface area contributed by atoms with Crippen LogP contribution in [0.1, 0.15) is 12.8 Å². The molecule has 6 aromatic rings. The summed E-state index contributed by atoms with van der Waals surface area (Å²) in [5, 5.41) is 11.4. The van der Waals surface area contributed by atoms with Crippen molar-refractivity contribution in [1.82, 2.24) is 40.0 Å². The van der Waals surface area contributed by atoms with E-state index in [1.165, 1.54) is 0 Å². The van der Waals surface area contributed by atoms with E-state index in [0.29, 0.717) is 17.2 Å². The molecular weight excluding hydrogens is 502 g/mol. The third-order valence-corrected chi connectivity index (χ3v) is 7.56. The van der Waals surface area contributed by atoms with Gasteiger partial charge in [-0.15, -0.1) is 0 Å². The standard InChI is InChI=1S/C30H27N9O/c1-39-10-7-18(8-11-39)30(40)34-22-12-20(15-32-17-22)21-13-24-27(37-38-28(24)33-16-21)29-35-25-6-2-5-23(26(25)36-29)19-4-3-9-31-14-19/h2-6,9,12-18H,7-8,10-11H2,1H3,(H,34,40)(H,35,36)(H,33,37,38). The van der Waals surface area contributed by atoms with Gasteiger partial charge in [-0.1, -0.05) is 18.2 Å². The number of carbonyl (C=O) groups is 1. The number of piperidine rings is 1. The van der Waals surface area contributed by atoms with Crippen LogP contribution in [0.5, 0.6) is 0 Å². The summed E-state index contributed by atoms with van der Waals surface area (Å²) in [4.78, 5) is 36.7. The Hall–Kier alpha value is -4.96. The van der Waals surface area contributed by atoms with Crippen LogP contribution >= 0.6 is 0 Å². The number of hydrogen-bond acceptors (Lipinski definition) is 7. The lowest BCUT2D eigenvalue weighted by atomic mass is 9.96. The molecule has 1 amide bonds. The fraction of sp³-hybridized carbons (Fsp3) is 0.200. The summed E-state index contributed by atoms with van der Waals surface area (Å²) in [7, 11) is 2.09. The molecule has 10 heteroatoms. The number of aromatic nitrogens is 7. The fourth-order valence-corrected chi connectivity index (χ4v) is 5.32. The van der Waals surface area contributed by atoms with E-state index in [-0.39, 0.29) is 11.8 Å². The highest BCUT2D eigenvalue weighted by atomic mass is 16.1. The lowest BCUT2D eigenvalue weighted by Gasteiger charge is -2.28. The number of benzene rings is 1. The maximum atomic E-state index is 12.9. The van der Waals surface area contributed by atoms with Crippen LogP contribution in [0.2, 0.25) is 0 Å². The minimum atomic E-state index is 0.0221. The Morgan fingerprint density at radius 2 is 1.82 bits per heavy atom. The molecule has 0 bridgehead atoms. The van der Waals surface area contributed by atoms with Crippen molar-refractivity contribution in [3.8, 4) is 33.8 Å². The van der Waals surface area contributed by atoms with Crippen LogP contribution < -0.4 is 5.32 Å². The molecule has 0 unspecified atom stereocenters. The molecular formula is C30H27N9O. The van der Waals surface area contributed by atoms with Crippen molar-refractivity contribution in [2.45, 2.75) is 12.8 Å². The van der Waals surface area contributed by atoms with E-state index in [4.69, 9.17) is 4.98 Å². The molecule has 40 heavy (non-hydrogen) atoms. The molecule has 5 aromatic heterocycles. The van der Waals surface area contributed by atoms with Gasteiger partial charge in [0.25, 0.3) is 0 Å². The number of anilines is 1. The van der Waals surface area contributed by atoms with Crippen LogP contribution in [0.25, 0.3) is 55.8 Å². The van der Waals surface area contributed by atoms with Crippen molar-refractivity contribution >= 4 is 33.7 Å². The minimum absolute atomic E-state index is 0.0221. The van der Waals surface area contributed by atoms with Gasteiger partial charge in [0.15, 0.2) is 11.5 Å². The quantitative estimate of drug-likeness (QED) is 0.290. The fourth-order valence-electron chi connectivity index (χ4n) is 5.32. The van der Waals surface area contributed by atoms with Crippen molar-refractivity contribution in [3.05, 3.63) is 73.4 Å². The normalized spacial score (nSPS) is 14.6. The van der Waals surface area contributed by atoms with Crippen molar-refractivity contribution in [3.63, 3.8) is 0 Å². The van der Waals surface area contributed by atoms with Crippen LogP contribution in [0.3, 0.4) is 0 Å². The molecule has 1 saturated heterocycles. The number of hydrogen-bond donors (Lipinski definition) is 3. The number of H-pyrrole nitrogens is 2. The third-order valence-electron chi connectivity index (χ3n) is 7.56. The Bertz CT molecular complexity index is 1830.